The number of nitrogens with one attached hydrogen (secondary N) is 5. The van der Waals surface area contributed by atoms with Gasteiger partial charge >= 0.3 is 0 Å². The lowest BCUT2D eigenvalue weighted by Crippen LogP contribution is -2.58. The van der Waals surface area contributed by atoms with E-state index in [1.165, 1.54) is 14.7 Å². The fourth-order valence-electron chi connectivity index (χ4n) is 9.57. The lowest BCUT2D eigenvalue weighted by Gasteiger charge is -2.35. The van der Waals surface area contributed by atoms with Crippen molar-refractivity contribution in [2.75, 3.05) is 52.7 Å². The van der Waals surface area contributed by atoms with E-state index in [9.17, 15) is 24.3 Å². The summed E-state index contributed by atoms with van der Waals surface area (Å²) in [6.07, 6.45) is 2.45. The minimum Gasteiger partial charge on any atom is -0.488 e. The summed E-state index contributed by atoms with van der Waals surface area (Å²) in [6.45, 7) is 15.2. The van der Waals surface area contributed by atoms with Crippen LogP contribution in [-0.2, 0) is 41.7 Å². The summed E-state index contributed by atoms with van der Waals surface area (Å²) >= 11 is 3.35. The number of aryl methyl sites for hydroxylation is 2. The van der Waals surface area contributed by atoms with Crippen molar-refractivity contribution in [3.63, 3.8) is 0 Å². The molecule has 3 fully saturated rings. The molecule has 4 amide bonds. The zero-order chi connectivity index (χ0) is 53.1. The molecule has 3 aromatic carbocycles. The van der Waals surface area contributed by atoms with Crippen molar-refractivity contribution >= 4 is 46.3 Å². The Balaban J connectivity index is 0.690. The van der Waals surface area contributed by atoms with Crippen molar-refractivity contribution in [2.45, 2.75) is 123 Å². The highest BCUT2D eigenvalue weighted by atomic mass is 32.1. The largest absolute Gasteiger partial charge is 0.488 e. The first-order valence-corrected chi connectivity index (χ1v) is 27.8. The maximum atomic E-state index is 14.0. The Hall–Kier alpha value is -5.57. The number of nitrogens with zero attached hydrogens (tertiary/aromatic N) is 2. The molecule has 6 N–H and O–H groups in total. The molecule has 16 nitrogen and oxygen atoms in total. The molecule has 0 spiro atoms. The Morgan fingerprint density at radius 1 is 0.867 bits per heavy atom. The number of aromatic nitrogens is 1. The second-order valence-corrected chi connectivity index (χ2v) is 23.0. The van der Waals surface area contributed by atoms with Gasteiger partial charge in [-0.1, -0.05) is 69.3 Å². The van der Waals surface area contributed by atoms with Gasteiger partial charge in [-0.3, -0.25) is 19.2 Å². The zero-order valence-electron chi connectivity index (χ0n) is 43.9. The molecule has 6 atom stereocenters. The summed E-state index contributed by atoms with van der Waals surface area (Å²) in [4.78, 5) is 63.2. The lowest BCUT2D eigenvalue weighted by atomic mass is 9.85. The van der Waals surface area contributed by atoms with Crippen LogP contribution in [-0.4, -0.2) is 128 Å². The Labute approximate surface area is 448 Å². The van der Waals surface area contributed by atoms with Crippen molar-refractivity contribution in [2.24, 2.45) is 5.41 Å². The van der Waals surface area contributed by atoms with Crippen LogP contribution in [0.15, 0.2) is 84.4 Å². The molecule has 8 rings (SSSR count). The van der Waals surface area contributed by atoms with Gasteiger partial charge in [0.1, 0.15) is 30.5 Å². The quantitative estimate of drug-likeness (QED) is 0.0351. The fraction of sp³-hybridized carbons (Fsp3) is 0.491. The summed E-state index contributed by atoms with van der Waals surface area (Å²) in [5.41, 5.74) is 7.72. The highest BCUT2D eigenvalue weighted by molar-refractivity contribution is 7.15. The van der Waals surface area contributed by atoms with Gasteiger partial charge in [0.05, 0.1) is 60.8 Å². The third-order valence-electron chi connectivity index (χ3n) is 14.0. The van der Waals surface area contributed by atoms with E-state index in [1.807, 2.05) is 95.6 Å². The molecular weight excluding hydrogens is 991 g/mol. The van der Waals surface area contributed by atoms with Crippen LogP contribution >= 0.6 is 22.7 Å². The highest BCUT2D eigenvalue weighted by Gasteiger charge is 2.44. The molecule has 1 saturated carbocycles. The summed E-state index contributed by atoms with van der Waals surface area (Å²) in [5, 5.41) is 26.5. The Bertz CT molecular complexity index is 2720. The van der Waals surface area contributed by atoms with Gasteiger partial charge in [0.15, 0.2) is 0 Å². The van der Waals surface area contributed by atoms with E-state index in [4.69, 9.17) is 18.9 Å². The van der Waals surface area contributed by atoms with Gasteiger partial charge in [0.2, 0.25) is 17.7 Å². The Morgan fingerprint density at radius 3 is 2.40 bits per heavy atom. The number of amides is 4. The number of ether oxygens (including phenoxy) is 4. The lowest BCUT2D eigenvalue weighted by molar-refractivity contribution is -0.144. The molecule has 3 aliphatic rings. The van der Waals surface area contributed by atoms with Gasteiger partial charge in [-0.15, -0.1) is 22.7 Å². The predicted octanol–water partition coefficient (Wildman–Crippen LogP) is 6.87. The van der Waals surface area contributed by atoms with Crippen molar-refractivity contribution in [1.29, 1.82) is 0 Å². The Morgan fingerprint density at radius 2 is 1.65 bits per heavy atom. The number of rotatable bonds is 24. The van der Waals surface area contributed by atoms with Crippen molar-refractivity contribution in [3.05, 3.63) is 117 Å². The molecule has 1 aliphatic carbocycles. The van der Waals surface area contributed by atoms with Gasteiger partial charge in [-0.2, -0.15) is 0 Å². The number of likely N-dealkylation sites (tertiary alicyclic amines) is 1. The number of aliphatic hydroxyl groups excluding tert-OH is 1. The van der Waals surface area contributed by atoms with Crippen molar-refractivity contribution in [1.82, 2.24) is 36.5 Å². The standard InChI is InChI=1S/C57H73N7O9S2/c1-35-10-16-45(73-46-29-58-30-46)27-48(35)54(67)62-36(2)40-8-7-9-41(24-40)50-19-18-47(75-50)31-59-42-15-17-44(25-42)72-23-22-70-20-21-71-33-51(66)63-53(57(4,5)6)56(69)64-32-43(65)26-49(64)55(68)60-28-38-11-13-39(14-12-38)52-37(3)61-34-74-52/h7-14,16,18-19,24,27,34,36,42-44,46,49,53,58-59,65H,15,17,20-23,25-26,28-33H2,1-6H3,(H,60,68)(H,62,67)(H,63,66)/t36-,42+,43-,44-,49+,53-/m1/s1. The number of thiophene rings is 1. The summed E-state index contributed by atoms with van der Waals surface area (Å²) in [7, 11) is 0. The van der Waals surface area contributed by atoms with E-state index in [2.05, 4.69) is 61.9 Å². The molecule has 5 aromatic rings. The second kappa shape index (κ2) is 26.0. The number of thiazole rings is 1. The number of hydrogen-bond donors (Lipinski definition) is 6. The second-order valence-electron chi connectivity index (χ2n) is 21.0. The van der Waals surface area contributed by atoms with E-state index in [0.29, 0.717) is 30.6 Å². The van der Waals surface area contributed by atoms with Crippen LogP contribution in [0.5, 0.6) is 5.75 Å². The maximum Gasteiger partial charge on any atom is 0.252 e. The molecule has 0 bridgehead atoms. The van der Waals surface area contributed by atoms with Crippen molar-refractivity contribution in [3.8, 4) is 26.6 Å². The first-order chi connectivity index (χ1) is 36.1. The summed E-state index contributed by atoms with van der Waals surface area (Å²) in [5.74, 6) is -0.671. The van der Waals surface area contributed by atoms with Crippen LogP contribution in [0.2, 0.25) is 0 Å². The number of β-amino-alcohol motifs (C(OH)–C–C–N with tert-alkyl or cyclic N) is 1. The van der Waals surface area contributed by atoms with Gasteiger partial charge in [0.25, 0.3) is 5.91 Å². The maximum absolute atomic E-state index is 14.0. The molecule has 2 aromatic heterocycles. The molecule has 0 radical (unpaired) electrons. The molecule has 75 heavy (non-hydrogen) atoms. The van der Waals surface area contributed by atoms with Crippen molar-refractivity contribution < 1.29 is 43.2 Å². The smallest absolute Gasteiger partial charge is 0.252 e. The number of carbonyl (C=O) groups is 4. The highest BCUT2D eigenvalue weighted by Crippen LogP contribution is 2.32. The van der Waals surface area contributed by atoms with Crippen LogP contribution in [0.4, 0.5) is 0 Å². The predicted molar refractivity (Wildman–Crippen MR) is 292 cm³/mol. The normalized spacial score (nSPS) is 19.6. The van der Waals surface area contributed by atoms with Crippen LogP contribution in [0, 0.1) is 19.3 Å². The van der Waals surface area contributed by atoms with Gasteiger partial charge in [-0.25, -0.2) is 4.98 Å². The molecule has 4 heterocycles. The third-order valence-corrected chi connectivity index (χ3v) is 16.1. The van der Waals surface area contributed by atoms with Crippen LogP contribution in [0.1, 0.15) is 97.0 Å². The van der Waals surface area contributed by atoms with E-state index < -0.39 is 35.4 Å². The zero-order valence-corrected chi connectivity index (χ0v) is 45.6. The molecule has 2 saturated heterocycles. The molecule has 2 aliphatic heterocycles. The van der Waals surface area contributed by atoms with Gasteiger partial charge in [-0.05, 0) is 104 Å². The monoisotopic (exact) mass is 1060 g/mol. The van der Waals surface area contributed by atoms with E-state index >= 15 is 0 Å². The first kappa shape index (κ1) is 55.7. The fourth-order valence-corrected chi connectivity index (χ4v) is 11.3. The third kappa shape index (κ3) is 15.3. The first-order valence-electron chi connectivity index (χ1n) is 26.1. The van der Waals surface area contributed by atoms with E-state index in [0.717, 1.165) is 77.3 Å². The molecular formula is C57H73N7O9S2. The van der Waals surface area contributed by atoms with Gasteiger partial charge < -0.3 is 55.5 Å². The van der Waals surface area contributed by atoms with Gasteiger partial charge in [0, 0.05) is 60.5 Å². The van der Waals surface area contributed by atoms with Crippen LogP contribution < -0.4 is 31.3 Å². The van der Waals surface area contributed by atoms with Crippen LogP contribution in [0.25, 0.3) is 20.9 Å². The van der Waals surface area contributed by atoms with E-state index in [-0.39, 0.29) is 69.4 Å². The number of carbonyl (C=O) groups excluding carboxylic acids is 4. The minimum absolute atomic E-state index is 0.00942. The number of hydrogen-bond acceptors (Lipinski definition) is 14. The van der Waals surface area contributed by atoms with Crippen LogP contribution in [0.3, 0.4) is 0 Å². The number of aliphatic hydroxyl groups is 1. The average molecular weight is 1060 g/mol. The Kier molecular flexibility index (Phi) is 19.3. The molecule has 0 unspecified atom stereocenters. The topological polar surface area (TPSA) is 202 Å². The summed E-state index contributed by atoms with van der Waals surface area (Å²) < 4.78 is 23.5. The van der Waals surface area contributed by atoms with E-state index in [1.54, 1.807) is 22.7 Å². The summed E-state index contributed by atoms with van der Waals surface area (Å²) in [6, 6.07) is 24.6. The minimum atomic E-state index is -0.956. The number of benzene rings is 3. The molecule has 18 heteroatoms. The average Bonchev–Trinajstić information content (AvgIpc) is 4.22. The molecule has 402 valence electrons. The SMILES string of the molecule is Cc1ccc(OC2CNC2)cc1C(=O)N[C@H](C)c1cccc(-c2ccc(CN[C@H]3CC[C@@H](OCCOCCOCC(=O)N[C@H](C(=O)N4C[C@H](O)C[C@H]4C(=O)NCc4ccc(-c5scnc5C)cc4)C(C)(C)C)C3)s2)c1.